The number of allylic oxidation sites excluding steroid dienone is 1. The van der Waals surface area contributed by atoms with Crippen molar-refractivity contribution in [2.24, 2.45) is 0 Å². The molecule has 0 saturated carbocycles. The van der Waals surface area contributed by atoms with E-state index in [1.165, 1.54) is 31.5 Å². The van der Waals surface area contributed by atoms with E-state index >= 15 is 0 Å². The van der Waals surface area contributed by atoms with Gasteiger partial charge in [-0.1, -0.05) is 0 Å². The van der Waals surface area contributed by atoms with Crippen LogP contribution < -0.4 is 0 Å². The Morgan fingerprint density at radius 2 is 2.00 bits per heavy atom. The topological polar surface area (TPSA) is 54.5 Å². The Morgan fingerprint density at radius 1 is 1.47 bits per heavy atom. The third kappa shape index (κ3) is 3.21. The van der Waals surface area contributed by atoms with Gasteiger partial charge in [0.05, 0.1) is 6.57 Å². The second-order valence-corrected chi connectivity index (χ2v) is 2.60. The Hall–Kier alpha value is -1.63. The molecule has 1 radical (unpaired) electrons. The van der Waals surface area contributed by atoms with Crippen LogP contribution in [0.25, 0.3) is 10.6 Å². The summed E-state index contributed by atoms with van der Waals surface area (Å²) in [5, 5.41) is 9.57. The first-order valence-corrected chi connectivity index (χ1v) is 3.89. The molecule has 0 spiro atoms. The molecule has 0 unspecified atom stereocenters. The average molecular weight is 252 g/mol. The van der Waals surface area contributed by atoms with Gasteiger partial charge in [0, 0.05) is 35.0 Å². The number of Topliss-reactive ketones (excluding diaryl/α,β-unsaturated/α-hetero) is 1. The minimum absolute atomic E-state index is 0. The normalized spacial score (nSPS) is 10.7. The van der Waals surface area contributed by atoms with E-state index in [4.69, 9.17) is 6.57 Å². The Labute approximate surface area is 97.9 Å². The Bertz CT molecular complexity index is 421. The maximum Gasteiger partial charge on any atom is 0.270 e. The van der Waals surface area contributed by atoms with Gasteiger partial charge in [0.1, 0.15) is 5.76 Å². The van der Waals surface area contributed by atoms with Crippen molar-refractivity contribution < 1.29 is 27.0 Å². The first kappa shape index (κ1) is 13.4. The zero-order chi connectivity index (χ0) is 10.6. The van der Waals surface area contributed by atoms with Gasteiger partial charge in [-0.05, 0) is 19.1 Å². The van der Waals surface area contributed by atoms with E-state index in [2.05, 4.69) is 9.83 Å². The van der Waals surface area contributed by atoms with Crippen molar-refractivity contribution in [3.63, 3.8) is 0 Å². The van der Waals surface area contributed by atoms with E-state index in [1.54, 1.807) is 0 Å². The standard InChI is InChI=1S/C10H8N2O2.Cu/c1-7(13)9(11-2)10(14)8-3-5-12-6-4-8;/h3-6,14H,1H3;/b10-9+;. The molecule has 1 N–H and O–H groups in total. The molecule has 0 aromatic carbocycles. The van der Waals surface area contributed by atoms with Gasteiger partial charge in [-0.3, -0.25) is 4.98 Å². The van der Waals surface area contributed by atoms with Crippen molar-refractivity contribution in [2.75, 3.05) is 0 Å². The van der Waals surface area contributed by atoms with Gasteiger partial charge in [0.25, 0.3) is 5.70 Å². The predicted molar refractivity (Wildman–Crippen MR) is 51.1 cm³/mol. The maximum atomic E-state index is 10.9. The third-order valence-electron chi connectivity index (χ3n) is 1.62. The van der Waals surface area contributed by atoms with Gasteiger partial charge in [0.2, 0.25) is 0 Å². The molecule has 1 aromatic rings. The minimum atomic E-state index is -0.450. The smallest absolute Gasteiger partial charge is 0.270 e. The number of aliphatic hydroxyl groups excluding tert-OH is 1. The first-order chi connectivity index (χ1) is 6.66. The largest absolute Gasteiger partial charge is 0.518 e. The molecule has 81 valence electrons. The van der Waals surface area contributed by atoms with Crippen molar-refractivity contribution in [1.29, 1.82) is 0 Å². The predicted octanol–water partition coefficient (Wildman–Crippen LogP) is 1.81. The Kier molecular flexibility index (Phi) is 5.32. The first-order valence-electron chi connectivity index (χ1n) is 3.89. The van der Waals surface area contributed by atoms with E-state index in [1.807, 2.05) is 0 Å². The van der Waals surface area contributed by atoms with E-state index in [-0.39, 0.29) is 28.5 Å². The molecule has 0 atom stereocenters. The number of nitrogens with zero attached hydrogens (tertiary/aromatic N) is 2. The summed E-state index contributed by atoms with van der Waals surface area (Å²) in [4.78, 5) is 17.7. The van der Waals surface area contributed by atoms with Gasteiger partial charge in [-0.2, -0.15) is 0 Å². The van der Waals surface area contributed by atoms with Crippen LogP contribution >= 0.6 is 0 Å². The van der Waals surface area contributed by atoms with Gasteiger partial charge < -0.3 is 9.90 Å². The van der Waals surface area contributed by atoms with E-state index in [0.717, 1.165) is 0 Å². The van der Waals surface area contributed by atoms with E-state index < -0.39 is 5.78 Å². The molecular formula is C10H8CuN2O2. The second kappa shape index (κ2) is 5.97. The number of carbonyl (C=O) groups excluding carboxylic acids is 1. The van der Waals surface area contributed by atoms with Crippen LogP contribution in [-0.2, 0) is 21.9 Å². The molecule has 15 heavy (non-hydrogen) atoms. The van der Waals surface area contributed by atoms with Crippen molar-refractivity contribution in [2.45, 2.75) is 6.92 Å². The summed E-state index contributed by atoms with van der Waals surface area (Å²) >= 11 is 0. The fourth-order valence-corrected chi connectivity index (χ4v) is 0.945. The number of hydrogen-bond acceptors (Lipinski definition) is 3. The van der Waals surface area contributed by atoms with E-state index in [9.17, 15) is 9.90 Å². The van der Waals surface area contributed by atoms with Crippen LogP contribution in [0.5, 0.6) is 0 Å². The molecule has 1 heterocycles. The number of pyridine rings is 1. The molecule has 0 bridgehead atoms. The molecule has 1 rings (SSSR count). The molecule has 0 saturated heterocycles. The molecule has 4 nitrogen and oxygen atoms in total. The zero-order valence-electron chi connectivity index (χ0n) is 7.86. The van der Waals surface area contributed by atoms with Crippen LogP contribution in [0, 0.1) is 6.57 Å². The van der Waals surface area contributed by atoms with Crippen LogP contribution in [-0.4, -0.2) is 15.9 Å². The molecule has 0 aliphatic carbocycles. The number of ketones is 1. The summed E-state index contributed by atoms with van der Waals surface area (Å²) in [6.45, 7) is 7.98. The third-order valence-corrected chi connectivity index (χ3v) is 1.62. The van der Waals surface area contributed by atoms with Gasteiger partial charge >= 0.3 is 0 Å². The Balaban J connectivity index is 0.00000196. The molecular weight excluding hydrogens is 244 g/mol. The van der Waals surface area contributed by atoms with Crippen LogP contribution in [0.15, 0.2) is 30.2 Å². The molecule has 5 heteroatoms. The van der Waals surface area contributed by atoms with Gasteiger partial charge in [0.15, 0.2) is 5.78 Å². The number of aliphatic hydroxyl groups is 1. The van der Waals surface area contributed by atoms with Crippen molar-refractivity contribution in [3.05, 3.63) is 47.2 Å². The molecule has 0 amide bonds. The minimum Gasteiger partial charge on any atom is -0.518 e. The summed E-state index contributed by atoms with van der Waals surface area (Å²) in [5.41, 5.74) is 0.164. The second-order valence-electron chi connectivity index (χ2n) is 2.60. The van der Waals surface area contributed by atoms with Crippen LogP contribution in [0.2, 0.25) is 0 Å². The summed E-state index contributed by atoms with van der Waals surface area (Å²) in [7, 11) is 0. The average Bonchev–Trinajstić information content (AvgIpc) is 2.19. The summed E-state index contributed by atoms with van der Waals surface area (Å²) in [5.74, 6) is -0.746. The van der Waals surface area contributed by atoms with Crippen LogP contribution in [0.1, 0.15) is 12.5 Å². The van der Waals surface area contributed by atoms with Gasteiger partial charge in [-0.15, -0.1) is 0 Å². The number of carbonyl (C=O) groups is 1. The van der Waals surface area contributed by atoms with Crippen molar-refractivity contribution in [3.8, 4) is 0 Å². The van der Waals surface area contributed by atoms with Crippen LogP contribution in [0.3, 0.4) is 0 Å². The van der Waals surface area contributed by atoms with Gasteiger partial charge in [-0.25, -0.2) is 4.85 Å². The van der Waals surface area contributed by atoms with Crippen LogP contribution in [0.4, 0.5) is 0 Å². The molecule has 0 fully saturated rings. The fraction of sp³-hybridized carbons (Fsp3) is 0.100. The monoisotopic (exact) mass is 251 g/mol. The summed E-state index contributed by atoms with van der Waals surface area (Å²) in [6, 6.07) is 3.06. The fourth-order valence-electron chi connectivity index (χ4n) is 0.945. The molecule has 1 aromatic heterocycles. The molecule has 0 aliphatic heterocycles. The number of rotatable bonds is 2. The quantitative estimate of drug-likeness (QED) is 0.378. The summed E-state index contributed by atoms with van der Waals surface area (Å²) < 4.78 is 0. The van der Waals surface area contributed by atoms with Crippen molar-refractivity contribution >= 4 is 11.5 Å². The van der Waals surface area contributed by atoms with Crippen molar-refractivity contribution in [1.82, 2.24) is 4.98 Å². The Morgan fingerprint density at radius 3 is 2.40 bits per heavy atom. The maximum absolute atomic E-state index is 10.9. The van der Waals surface area contributed by atoms with E-state index in [0.29, 0.717) is 5.56 Å². The SMILES string of the molecule is [C-]#[N+]/C(C(C)=O)=C(/O)c1ccncc1.[Cu]. The summed E-state index contributed by atoms with van der Waals surface area (Å²) in [6.07, 6.45) is 2.96. The zero-order valence-corrected chi connectivity index (χ0v) is 8.80. The molecule has 0 aliphatic rings. The number of aromatic nitrogens is 1. The number of hydrogen-bond donors (Lipinski definition) is 1.